The second-order valence-electron chi connectivity index (χ2n) is 6.34. The first-order valence-electron chi connectivity index (χ1n) is 9.03. The van der Waals surface area contributed by atoms with E-state index in [0.717, 1.165) is 10.0 Å². The highest BCUT2D eigenvalue weighted by atomic mass is 79.9. The van der Waals surface area contributed by atoms with Gasteiger partial charge in [-0.2, -0.15) is 18.3 Å². The Morgan fingerprint density at radius 1 is 1.12 bits per heavy atom. The van der Waals surface area contributed by atoms with Crippen molar-refractivity contribution in [3.63, 3.8) is 0 Å². The second kappa shape index (κ2) is 10.5. The molecule has 0 saturated heterocycles. The molecule has 9 nitrogen and oxygen atoms in total. The summed E-state index contributed by atoms with van der Waals surface area (Å²) in [6.45, 7) is 0. The number of carbonyl (C=O) groups is 2. The van der Waals surface area contributed by atoms with Gasteiger partial charge in [-0.05, 0) is 42.0 Å². The van der Waals surface area contributed by atoms with Crippen molar-refractivity contribution in [3.8, 4) is 0 Å². The van der Waals surface area contributed by atoms with E-state index in [2.05, 4.69) is 42.0 Å². The molecule has 14 heteroatoms. The van der Waals surface area contributed by atoms with Crippen LogP contribution >= 0.6 is 27.7 Å². The van der Waals surface area contributed by atoms with Gasteiger partial charge in [0.05, 0.1) is 12.0 Å². The number of rotatable bonds is 7. The van der Waals surface area contributed by atoms with Gasteiger partial charge in [-0.1, -0.05) is 39.8 Å². The smallest absolute Gasteiger partial charge is 0.335 e. The molecule has 0 saturated carbocycles. The van der Waals surface area contributed by atoms with Gasteiger partial charge >= 0.3 is 6.18 Å². The lowest BCUT2D eigenvalue weighted by Gasteiger charge is -2.07. The van der Waals surface area contributed by atoms with E-state index in [0.29, 0.717) is 23.0 Å². The Bertz CT molecular complexity index is 1170. The number of carbonyl (C=O) groups excluding carboxylic acids is 2. The van der Waals surface area contributed by atoms with E-state index in [1.165, 1.54) is 30.5 Å². The number of amides is 2. The Morgan fingerprint density at radius 3 is 2.39 bits per heavy atom. The number of benzene rings is 2. The summed E-state index contributed by atoms with van der Waals surface area (Å²) >= 11 is 4.02. The molecule has 33 heavy (non-hydrogen) atoms. The van der Waals surface area contributed by atoms with Crippen molar-refractivity contribution in [2.45, 2.75) is 11.3 Å². The predicted molar refractivity (Wildman–Crippen MR) is 120 cm³/mol. The van der Waals surface area contributed by atoms with E-state index < -0.39 is 23.8 Å². The van der Waals surface area contributed by atoms with Crippen LogP contribution < -0.4 is 16.6 Å². The summed E-state index contributed by atoms with van der Waals surface area (Å²) in [4.78, 5) is 24.2. The van der Waals surface area contributed by atoms with Gasteiger partial charge in [-0.15, -0.1) is 10.2 Å². The summed E-state index contributed by atoms with van der Waals surface area (Å²) in [6, 6.07) is 13.3. The van der Waals surface area contributed by atoms with Gasteiger partial charge in [0.25, 0.3) is 11.7 Å². The van der Waals surface area contributed by atoms with E-state index in [1.807, 2.05) is 24.3 Å². The molecule has 0 aliphatic carbocycles. The molecule has 172 valence electrons. The molecule has 0 aliphatic heterocycles. The molecule has 4 N–H and O–H groups in total. The molecule has 0 bridgehead atoms. The summed E-state index contributed by atoms with van der Waals surface area (Å²) in [7, 11) is 0. The van der Waals surface area contributed by atoms with Crippen LogP contribution in [0.15, 0.2) is 63.3 Å². The Morgan fingerprint density at radius 2 is 1.79 bits per heavy atom. The van der Waals surface area contributed by atoms with E-state index >= 15 is 0 Å². The molecule has 1 heterocycles. The lowest BCUT2D eigenvalue weighted by molar-refractivity contribution is -0.146. The van der Waals surface area contributed by atoms with Crippen LogP contribution in [0, 0.1) is 0 Å². The first-order valence-corrected chi connectivity index (χ1v) is 10.8. The number of hydrogen-bond acceptors (Lipinski definition) is 7. The van der Waals surface area contributed by atoms with Crippen molar-refractivity contribution in [2.24, 2.45) is 5.10 Å². The maximum atomic E-state index is 12.7. The van der Waals surface area contributed by atoms with Crippen molar-refractivity contribution in [1.29, 1.82) is 0 Å². The summed E-state index contributed by atoms with van der Waals surface area (Å²) < 4.78 is 39.2. The number of alkyl halides is 3. The van der Waals surface area contributed by atoms with E-state index in [9.17, 15) is 22.8 Å². The maximum absolute atomic E-state index is 12.7. The SMILES string of the molecule is Nn1c(SCC(=O)Nc2ccc(C(=O)N/N=C\c3ccc(Br)cc3)cc2)nnc1C(F)(F)F. The standard InChI is InChI=1S/C19H15BrF3N7O2S/c20-13-5-1-11(2-6-13)9-25-27-16(32)12-3-7-14(8-4-12)26-15(31)10-33-18-29-28-17(30(18)24)19(21,22)23/h1-9H,10,24H2,(H,26,31)(H,27,32)/b25-9-. The van der Waals surface area contributed by atoms with E-state index in [1.54, 1.807) is 0 Å². The van der Waals surface area contributed by atoms with Crippen LogP contribution in [-0.2, 0) is 11.0 Å². The Kier molecular flexibility index (Phi) is 7.71. The van der Waals surface area contributed by atoms with Gasteiger partial charge in [0.15, 0.2) is 0 Å². The second-order valence-corrected chi connectivity index (χ2v) is 8.20. The number of anilines is 1. The molecule has 0 unspecified atom stereocenters. The average molecular weight is 542 g/mol. The highest BCUT2D eigenvalue weighted by Gasteiger charge is 2.38. The maximum Gasteiger partial charge on any atom is 0.453 e. The van der Waals surface area contributed by atoms with Crippen LogP contribution in [0.3, 0.4) is 0 Å². The Balaban J connectivity index is 1.49. The largest absolute Gasteiger partial charge is 0.453 e. The molecule has 3 rings (SSSR count). The number of hydrazone groups is 1. The molecular formula is C19H15BrF3N7O2S. The molecule has 0 radical (unpaired) electrons. The zero-order valence-corrected chi connectivity index (χ0v) is 18.9. The van der Waals surface area contributed by atoms with Crippen molar-refractivity contribution < 1.29 is 22.8 Å². The topological polar surface area (TPSA) is 127 Å². The summed E-state index contributed by atoms with van der Waals surface area (Å²) in [6.07, 6.45) is -3.25. The van der Waals surface area contributed by atoms with E-state index in [4.69, 9.17) is 5.84 Å². The van der Waals surface area contributed by atoms with E-state index in [-0.39, 0.29) is 15.6 Å². The zero-order chi connectivity index (χ0) is 24.0. The van der Waals surface area contributed by atoms with Gasteiger partial charge in [0.2, 0.25) is 11.1 Å². The normalized spacial score (nSPS) is 11.5. The van der Waals surface area contributed by atoms with Gasteiger partial charge in [0.1, 0.15) is 0 Å². The van der Waals surface area contributed by atoms with Crippen LogP contribution in [0.2, 0.25) is 0 Å². The molecule has 0 atom stereocenters. The highest BCUT2D eigenvalue weighted by Crippen LogP contribution is 2.28. The number of nitrogen functional groups attached to an aromatic ring is 1. The average Bonchev–Trinajstić information content (AvgIpc) is 3.15. The van der Waals surface area contributed by atoms with Crippen LogP contribution in [0.1, 0.15) is 21.7 Å². The number of thioether (sulfide) groups is 1. The fourth-order valence-corrected chi connectivity index (χ4v) is 3.30. The third-order valence-electron chi connectivity index (χ3n) is 3.93. The molecule has 0 aliphatic rings. The number of nitrogens with one attached hydrogen (secondary N) is 2. The highest BCUT2D eigenvalue weighted by molar-refractivity contribution is 9.10. The van der Waals surface area contributed by atoms with Crippen LogP contribution in [0.25, 0.3) is 0 Å². The van der Waals surface area contributed by atoms with Gasteiger partial charge < -0.3 is 11.2 Å². The molecule has 2 aromatic carbocycles. The zero-order valence-electron chi connectivity index (χ0n) is 16.5. The quantitative estimate of drug-likeness (QED) is 0.182. The number of nitrogens with zero attached hydrogens (tertiary/aromatic N) is 4. The molecule has 0 spiro atoms. The fraction of sp³-hybridized carbons (Fsp3) is 0.105. The predicted octanol–water partition coefficient (Wildman–Crippen LogP) is 3.27. The minimum atomic E-state index is -4.75. The number of nitrogens with two attached hydrogens (primary N) is 1. The van der Waals surface area contributed by atoms with Gasteiger partial charge in [0, 0.05) is 15.7 Å². The minimum Gasteiger partial charge on any atom is -0.335 e. The van der Waals surface area contributed by atoms with Crippen LogP contribution in [0.4, 0.5) is 18.9 Å². The summed E-state index contributed by atoms with van der Waals surface area (Å²) in [5.74, 6) is 2.75. The van der Waals surface area contributed by atoms with Crippen LogP contribution in [-0.4, -0.2) is 38.7 Å². The summed E-state index contributed by atoms with van der Waals surface area (Å²) in [5.41, 5.74) is 3.90. The monoisotopic (exact) mass is 541 g/mol. The van der Waals surface area contributed by atoms with Crippen molar-refractivity contribution >= 4 is 51.4 Å². The lowest BCUT2D eigenvalue weighted by Crippen LogP contribution is -2.22. The van der Waals surface area contributed by atoms with Gasteiger partial charge in [-0.3, -0.25) is 9.59 Å². The van der Waals surface area contributed by atoms with Crippen molar-refractivity contribution in [3.05, 3.63) is 70.0 Å². The first kappa shape index (κ1) is 24.3. The Hall–Kier alpha value is -3.39. The fourth-order valence-electron chi connectivity index (χ4n) is 2.38. The van der Waals surface area contributed by atoms with Crippen molar-refractivity contribution in [2.75, 3.05) is 16.9 Å². The minimum absolute atomic E-state index is 0.250. The molecular weight excluding hydrogens is 527 g/mol. The third kappa shape index (κ3) is 6.79. The molecule has 0 fully saturated rings. The molecule has 3 aromatic rings. The first-order chi connectivity index (χ1) is 15.6. The third-order valence-corrected chi connectivity index (χ3v) is 5.40. The number of hydrogen-bond donors (Lipinski definition) is 3. The Labute approximate surface area is 197 Å². The van der Waals surface area contributed by atoms with Crippen molar-refractivity contribution in [1.82, 2.24) is 20.3 Å². The van der Waals surface area contributed by atoms with Gasteiger partial charge in [-0.25, -0.2) is 10.1 Å². The molecule has 1 aromatic heterocycles. The summed E-state index contributed by atoms with van der Waals surface area (Å²) in [5, 5.41) is 12.5. The molecule has 2 amide bonds. The van der Waals surface area contributed by atoms with Crippen LogP contribution in [0.5, 0.6) is 0 Å². The lowest BCUT2D eigenvalue weighted by atomic mass is 10.2. The number of halogens is 4. The number of aromatic nitrogens is 3.